The quantitative estimate of drug-likeness (QED) is 0.146. The van der Waals surface area contributed by atoms with Gasteiger partial charge >= 0.3 is 0 Å². The maximum atomic E-state index is 13.1. The molecule has 0 fully saturated rings. The highest BCUT2D eigenvalue weighted by atomic mass is 32.2. The number of aromatic nitrogens is 6. The van der Waals surface area contributed by atoms with Crippen molar-refractivity contribution in [3.05, 3.63) is 72.3 Å². The number of nitrogens with one attached hydrogen (secondary N) is 2. The Morgan fingerprint density at radius 1 is 0.604 bits per heavy atom. The number of nitrogens with zero attached hydrogens (tertiary/aromatic N) is 4. The van der Waals surface area contributed by atoms with Gasteiger partial charge in [0.1, 0.15) is 24.7 Å². The fourth-order valence-electron chi connectivity index (χ4n) is 4.94. The summed E-state index contributed by atoms with van der Waals surface area (Å²) in [7, 11) is 3.08. The lowest BCUT2D eigenvalue weighted by atomic mass is 10.3. The topological polar surface area (TPSA) is 173 Å². The highest BCUT2D eigenvalue weighted by molar-refractivity contribution is 7.84. The second-order valence-electron chi connectivity index (χ2n) is 10.1. The van der Waals surface area contributed by atoms with Crippen molar-refractivity contribution in [2.45, 2.75) is 21.8 Å². The fourth-order valence-corrected chi connectivity index (χ4v) is 6.97. The van der Waals surface area contributed by atoms with Crippen molar-refractivity contribution in [1.82, 2.24) is 29.9 Å². The van der Waals surface area contributed by atoms with Crippen LogP contribution in [0.15, 0.2) is 71.2 Å². The van der Waals surface area contributed by atoms with Gasteiger partial charge in [-0.3, -0.25) is 18.4 Å². The third-order valence-electron chi connectivity index (χ3n) is 7.18. The number of aromatic amines is 2. The summed E-state index contributed by atoms with van der Waals surface area (Å²) in [6.45, 7) is 0.538. The molecule has 0 saturated carbocycles. The molecule has 16 heteroatoms. The summed E-state index contributed by atoms with van der Waals surface area (Å²) < 4.78 is 59.5. The molecular weight excluding hydrogens is 661 g/mol. The lowest BCUT2D eigenvalue weighted by Crippen LogP contribution is -2.08. The molecular formula is C32H32N6O8S2. The van der Waals surface area contributed by atoms with Crippen molar-refractivity contribution in [2.24, 2.45) is 0 Å². The third kappa shape index (κ3) is 7.03. The maximum Gasteiger partial charge on any atom is 0.197 e. The number of H-pyrrole nitrogens is 2. The predicted molar refractivity (Wildman–Crippen MR) is 178 cm³/mol. The van der Waals surface area contributed by atoms with Crippen LogP contribution in [-0.2, 0) is 33.1 Å². The van der Waals surface area contributed by atoms with Crippen molar-refractivity contribution in [1.29, 1.82) is 0 Å². The van der Waals surface area contributed by atoms with Crippen molar-refractivity contribution in [2.75, 3.05) is 41.7 Å². The highest BCUT2D eigenvalue weighted by Gasteiger charge is 2.19. The molecule has 0 aliphatic heterocycles. The van der Waals surface area contributed by atoms with Gasteiger partial charge < -0.3 is 38.4 Å². The van der Waals surface area contributed by atoms with E-state index in [0.29, 0.717) is 78.3 Å². The summed E-state index contributed by atoms with van der Waals surface area (Å²) in [5, 5.41) is 0.630. The molecule has 0 amide bonds. The van der Waals surface area contributed by atoms with E-state index in [9.17, 15) is 8.42 Å². The van der Waals surface area contributed by atoms with E-state index < -0.39 is 21.6 Å². The first-order valence-electron chi connectivity index (χ1n) is 14.5. The molecule has 4 heterocycles. The Bertz CT molecular complexity index is 1970. The van der Waals surface area contributed by atoms with Crippen LogP contribution in [0.5, 0.6) is 34.5 Å². The van der Waals surface area contributed by atoms with E-state index in [1.54, 1.807) is 60.9 Å². The molecule has 2 aromatic carbocycles. The minimum absolute atomic E-state index is 0.0977. The fraction of sp³-hybridized carbons (Fsp3) is 0.250. The van der Waals surface area contributed by atoms with E-state index in [1.807, 2.05) is 0 Å². The van der Waals surface area contributed by atoms with Gasteiger partial charge in [0.15, 0.2) is 33.3 Å². The Morgan fingerprint density at radius 3 is 1.44 bits per heavy atom. The van der Waals surface area contributed by atoms with Crippen LogP contribution in [0.25, 0.3) is 22.1 Å². The van der Waals surface area contributed by atoms with Crippen molar-refractivity contribution in [3.8, 4) is 34.5 Å². The average molecular weight is 693 g/mol. The SMILES string of the molecule is COc1ccnc(CS(=O)c2nc3ccc(OCCOc4ccc5nc(S(=O)Cc6nccc(OC)c6OC)[nH]c5c4)cc3[nH]2)c1OC. The molecule has 0 spiro atoms. The molecule has 2 atom stereocenters. The Hall–Kier alpha value is -5.22. The van der Waals surface area contributed by atoms with Crippen LogP contribution in [0.1, 0.15) is 11.4 Å². The van der Waals surface area contributed by atoms with Crippen LogP contribution < -0.4 is 28.4 Å². The lowest BCUT2D eigenvalue weighted by molar-refractivity contribution is 0.217. The van der Waals surface area contributed by atoms with Crippen molar-refractivity contribution < 1.29 is 36.8 Å². The van der Waals surface area contributed by atoms with Crippen molar-refractivity contribution >= 4 is 43.7 Å². The zero-order chi connectivity index (χ0) is 33.6. The number of methoxy groups -OCH3 is 4. The van der Waals surface area contributed by atoms with E-state index in [2.05, 4.69) is 29.9 Å². The van der Waals surface area contributed by atoms with Crippen LogP contribution in [0.3, 0.4) is 0 Å². The summed E-state index contributed by atoms with van der Waals surface area (Å²) >= 11 is 0. The summed E-state index contributed by atoms with van der Waals surface area (Å²) in [5.74, 6) is 3.30. The number of imidazole rings is 2. The molecule has 6 rings (SSSR count). The van der Waals surface area contributed by atoms with Gasteiger partial charge in [-0.15, -0.1) is 0 Å². The molecule has 0 bridgehead atoms. The van der Waals surface area contributed by atoms with E-state index in [0.717, 1.165) is 0 Å². The van der Waals surface area contributed by atoms with E-state index in [4.69, 9.17) is 28.4 Å². The zero-order valence-electron chi connectivity index (χ0n) is 26.5. The highest BCUT2D eigenvalue weighted by Crippen LogP contribution is 2.32. The predicted octanol–water partition coefficient (Wildman–Crippen LogP) is 4.34. The molecule has 0 aliphatic carbocycles. The van der Waals surface area contributed by atoms with Gasteiger partial charge in [-0.25, -0.2) is 9.97 Å². The summed E-state index contributed by atoms with van der Waals surface area (Å²) in [6, 6.07) is 14.1. The molecule has 48 heavy (non-hydrogen) atoms. The number of fused-ring (bicyclic) bond motifs is 2. The van der Waals surface area contributed by atoms with Crippen LogP contribution >= 0.6 is 0 Å². The summed E-state index contributed by atoms with van der Waals surface area (Å²) in [6.07, 6.45) is 3.16. The van der Waals surface area contributed by atoms with Gasteiger partial charge in [0.05, 0.1) is 95.0 Å². The van der Waals surface area contributed by atoms with Gasteiger partial charge in [0.2, 0.25) is 0 Å². The standard InChI is InChI=1S/C32H32N6O8S2/c1-41-27-9-11-33-25(29(27)43-3)17-47(39)31-35-21-7-5-19(15-23(21)37-31)45-13-14-46-20-6-8-22-24(16-20)38-32(36-22)48(40)18-26-30(44-4)28(42-2)10-12-34-26/h5-12,15-16H,13-14,17-18H2,1-4H3,(H,35,37)(H,36,38). The normalized spacial score (nSPS) is 12.5. The lowest BCUT2D eigenvalue weighted by Gasteiger charge is -2.10. The largest absolute Gasteiger partial charge is 0.493 e. The van der Waals surface area contributed by atoms with E-state index in [-0.39, 0.29) is 24.7 Å². The Labute approximate surface area is 280 Å². The van der Waals surface area contributed by atoms with Crippen LogP contribution in [0.4, 0.5) is 0 Å². The number of rotatable bonds is 15. The first-order chi connectivity index (χ1) is 23.4. The molecule has 0 saturated heterocycles. The minimum atomic E-state index is -1.51. The first-order valence-corrected chi connectivity index (χ1v) is 17.2. The first kappa shape index (κ1) is 32.7. The number of hydrogen-bond donors (Lipinski definition) is 2. The molecule has 0 aliphatic rings. The molecule has 250 valence electrons. The van der Waals surface area contributed by atoms with Crippen LogP contribution in [0.2, 0.25) is 0 Å². The minimum Gasteiger partial charge on any atom is -0.493 e. The number of hydrogen-bond acceptors (Lipinski definition) is 12. The average Bonchev–Trinajstić information content (AvgIpc) is 3.74. The zero-order valence-corrected chi connectivity index (χ0v) is 28.1. The van der Waals surface area contributed by atoms with Gasteiger partial charge in [-0.05, 0) is 24.3 Å². The molecule has 2 N–H and O–H groups in total. The molecule has 6 aromatic rings. The third-order valence-corrected chi connectivity index (χ3v) is 9.50. The maximum absolute atomic E-state index is 13.1. The second-order valence-corrected chi connectivity index (χ2v) is 12.8. The summed E-state index contributed by atoms with van der Waals surface area (Å²) in [4.78, 5) is 23.8. The number of ether oxygens (including phenoxy) is 6. The van der Waals surface area contributed by atoms with Crippen LogP contribution in [-0.4, -0.2) is 80.0 Å². The second kappa shape index (κ2) is 14.7. The van der Waals surface area contributed by atoms with Gasteiger partial charge in [-0.1, -0.05) is 0 Å². The van der Waals surface area contributed by atoms with Crippen LogP contribution in [0, 0.1) is 0 Å². The Morgan fingerprint density at radius 2 is 1.04 bits per heavy atom. The van der Waals surface area contributed by atoms with Crippen molar-refractivity contribution in [3.63, 3.8) is 0 Å². The Kier molecular flexibility index (Phi) is 10.0. The van der Waals surface area contributed by atoms with E-state index >= 15 is 0 Å². The monoisotopic (exact) mass is 692 g/mol. The summed E-state index contributed by atoms with van der Waals surface area (Å²) in [5.41, 5.74) is 3.68. The Balaban J connectivity index is 1.04. The molecule has 0 radical (unpaired) electrons. The molecule has 2 unspecified atom stereocenters. The van der Waals surface area contributed by atoms with Gasteiger partial charge in [0, 0.05) is 36.7 Å². The smallest absolute Gasteiger partial charge is 0.197 e. The van der Waals surface area contributed by atoms with E-state index in [1.165, 1.54) is 28.4 Å². The molecule has 14 nitrogen and oxygen atoms in total. The molecule has 4 aromatic heterocycles. The number of benzene rings is 2. The van der Waals surface area contributed by atoms with Gasteiger partial charge in [-0.2, -0.15) is 0 Å². The number of pyridine rings is 2. The van der Waals surface area contributed by atoms with Gasteiger partial charge in [0.25, 0.3) is 0 Å².